The predicted octanol–water partition coefficient (Wildman–Crippen LogP) is 6.06. The van der Waals surface area contributed by atoms with Crippen LogP contribution in [0.2, 0.25) is 0 Å². The Morgan fingerprint density at radius 1 is 1.04 bits per heavy atom. The molecule has 6 aromatic rings. The van der Waals surface area contributed by atoms with Crippen molar-refractivity contribution in [2.75, 3.05) is 29.5 Å². The highest BCUT2D eigenvalue weighted by Gasteiger charge is 2.31. The summed E-state index contributed by atoms with van der Waals surface area (Å²) in [5, 5.41) is 1.56. The lowest BCUT2D eigenvalue weighted by Crippen LogP contribution is -2.22. The number of hydrogen-bond donors (Lipinski definition) is 3. The van der Waals surface area contributed by atoms with Gasteiger partial charge < -0.3 is 25.7 Å². The highest BCUT2D eigenvalue weighted by atomic mass is 32.2. The Morgan fingerprint density at radius 2 is 1.79 bits per heavy atom. The van der Waals surface area contributed by atoms with Crippen molar-refractivity contribution >= 4 is 55.2 Å². The molecule has 0 amide bonds. The van der Waals surface area contributed by atoms with Gasteiger partial charge in [-0.2, -0.15) is 13.4 Å². The van der Waals surface area contributed by atoms with Crippen LogP contribution in [0.5, 0.6) is 0 Å². The fourth-order valence-electron chi connectivity index (χ4n) is 6.58. The van der Waals surface area contributed by atoms with Crippen molar-refractivity contribution in [1.82, 2.24) is 14.5 Å². The van der Waals surface area contributed by atoms with Crippen molar-refractivity contribution in [2.45, 2.75) is 43.7 Å². The number of nitrogens with two attached hydrogens (primary N) is 2. The number of pyridine rings is 1. The van der Waals surface area contributed by atoms with Crippen molar-refractivity contribution in [3.05, 3.63) is 118 Å². The fourth-order valence-corrected chi connectivity index (χ4v) is 7.10. The minimum absolute atomic E-state index is 0.00657. The summed E-state index contributed by atoms with van der Waals surface area (Å²) < 4.78 is 68.7. The average molecular weight is 741 g/mol. The van der Waals surface area contributed by atoms with Gasteiger partial charge in [-0.05, 0) is 78.4 Å². The van der Waals surface area contributed by atoms with E-state index in [1.165, 1.54) is 18.3 Å². The number of carbonyl (C=O) groups is 1. The molecule has 0 unspecified atom stereocenters. The number of nitrogen functional groups attached to an aromatic ring is 2. The number of halogens is 2. The smallest absolute Gasteiger partial charge is 0.343 e. The maximum atomic E-state index is 16.2. The summed E-state index contributed by atoms with van der Waals surface area (Å²) in [4.78, 5) is 35.5. The Balaban J connectivity index is 0.000000260. The number of fused-ring (bicyclic) bond motifs is 3. The first-order chi connectivity index (χ1) is 25.3. The van der Waals surface area contributed by atoms with Gasteiger partial charge in [-0.25, -0.2) is 18.6 Å². The zero-order valence-electron chi connectivity index (χ0n) is 28.4. The maximum absolute atomic E-state index is 16.2. The van der Waals surface area contributed by atoms with Crippen molar-refractivity contribution in [3.8, 4) is 11.1 Å². The van der Waals surface area contributed by atoms with Gasteiger partial charge >= 0.3 is 5.97 Å². The van der Waals surface area contributed by atoms with Crippen LogP contribution in [0, 0.1) is 11.6 Å². The van der Waals surface area contributed by atoms with E-state index in [0.717, 1.165) is 46.5 Å². The third kappa shape index (κ3) is 7.00. The molecule has 1 aliphatic heterocycles. The molecule has 8 rings (SSSR count). The molecule has 0 spiro atoms. The van der Waals surface area contributed by atoms with Crippen molar-refractivity contribution < 1.29 is 31.3 Å². The van der Waals surface area contributed by atoms with Crippen LogP contribution in [0.25, 0.3) is 32.8 Å². The summed E-state index contributed by atoms with van der Waals surface area (Å²) in [5.74, 6) is -2.10. The highest BCUT2D eigenvalue weighted by Crippen LogP contribution is 2.41. The monoisotopic (exact) mass is 740 g/mol. The Labute approximate surface area is 302 Å². The van der Waals surface area contributed by atoms with E-state index in [-0.39, 0.29) is 45.5 Å². The standard InChI is InChI=1S/C28H26F2N6O3.C10H8O3S/c1-2-39-27(38)19-13-36(17-4-5-17)24-18(25(19)37)10-20(29)22(23(24)30)15-3-6-21-14(9-15)7-8-35(21)12-16-11-33-28(32)34-26(16)31;11-14(12,13)10-6-5-8-3-1-2-4-9(8)7-10/h3,6,9-11,13,17H,2,4-5,7-8,12H2,1H3,(H4,31,32,33,34);1-7H,(H,11,12,13). The Bertz CT molecular complexity index is 2610. The Kier molecular flexibility index (Phi) is 9.30. The molecular formula is C38H34F2N6O6S. The van der Waals surface area contributed by atoms with Gasteiger partial charge in [0.2, 0.25) is 11.4 Å². The van der Waals surface area contributed by atoms with E-state index in [4.69, 9.17) is 20.8 Å². The molecule has 5 N–H and O–H groups in total. The van der Waals surface area contributed by atoms with E-state index in [9.17, 15) is 18.0 Å². The van der Waals surface area contributed by atoms with Crippen LogP contribution in [-0.2, 0) is 27.8 Å². The molecule has 53 heavy (non-hydrogen) atoms. The van der Waals surface area contributed by atoms with Gasteiger partial charge in [-0.1, -0.05) is 36.4 Å². The second kappa shape index (κ2) is 13.9. The summed E-state index contributed by atoms with van der Waals surface area (Å²) in [6.07, 6.45) is 5.15. The number of carbonyl (C=O) groups excluding carboxylic acids is 1. The number of rotatable bonds is 7. The molecular weight excluding hydrogens is 707 g/mol. The first-order valence-electron chi connectivity index (χ1n) is 16.8. The van der Waals surface area contributed by atoms with E-state index in [0.29, 0.717) is 30.9 Å². The van der Waals surface area contributed by atoms with Gasteiger partial charge in [0.15, 0.2) is 5.82 Å². The first-order valence-corrected chi connectivity index (χ1v) is 18.2. The first kappa shape index (κ1) is 35.5. The van der Waals surface area contributed by atoms with E-state index in [1.54, 1.807) is 42.0 Å². The molecule has 1 aliphatic carbocycles. The number of ether oxygens (including phenoxy) is 1. The molecule has 15 heteroatoms. The number of esters is 1. The minimum Gasteiger partial charge on any atom is -0.462 e. The fraction of sp³-hybridized carbons (Fsp3) is 0.211. The van der Waals surface area contributed by atoms with E-state index in [2.05, 4.69) is 14.9 Å². The molecule has 0 bridgehead atoms. The van der Waals surface area contributed by atoms with Crippen LogP contribution in [0.3, 0.4) is 0 Å². The molecule has 3 heterocycles. The lowest BCUT2D eigenvalue weighted by atomic mass is 9.98. The molecule has 4 aromatic carbocycles. The largest absolute Gasteiger partial charge is 0.462 e. The minimum atomic E-state index is -4.09. The Hall–Kier alpha value is -5.93. The van der Waals surface area contributed by atoms with Crippen LogP contribution in [0.1, 0.15) is 47.3 Å². The van der Waals surface area contributed by atoms with Gasteiger partial charge in [0.1, 0.15) is 17.2 Å². The Morgan fingerprint density at radius 3 is 2.49 bits per heavy atom. The molecule has 2 aliphatic rings. The number of hydrogen-bond acceptors (Lipinski definition) is 10. The third-order valence-corrected chi connectivity index (χ3v) is 10.1. The van der Waals surface area contributed by atoms with Crippen molar-refractivity contribution in [1.29, 1.82) is 0 Å². The zero-order chi connectivity index (χ0) is 37.6. The average Bonchev–Trinajstić information content (AvgIpc) is 3.90. The summed E-state index contributed by atoms with van der Waals surface area (Å²) in [7, 11) is -4.09. The predicted molar refractivity (Wildman–Crippen MR) is 197 cm³/mol. The van der Waals surface area contributed by atoms with Gasteiger partial charge in [-0.3, -0.25) is 9.35 Å². The molecule has 272 valence electrons. The second-order valence-electron chi connectivity index (χ2n) is 12.8. The molecule has 1 saturated carbocycles. The number of benzene rings is 4. The van der Waals surface area contributed by atoms with Crippen LogP contribution in [0.4, 0.5) is 26.2 Å². The van der Waals surface area contributed by atoms with E-state index in [1.807, 2.05) is 24.3 Å². The SMILES string of the molecule is CCOC(=O)c1cn(C2CC2)c2c(F)c(-c3ccc4c(c3)CCN4Cc3cnc(N)nc3N)c(F)cc2c1=O.O=S(=O)(O)c1ccc2ccccc2c1. The molecule has 0 saturated heterocycles. The number of nitrogens with zero attached hydrogens (tertiary/aromatic N) is 4. The van der Waals surface area contributed by atoms with Crippen LogP contribution in [-0.4, -0.2) is 46.6 Å². The van der Waals surface area contributed by atoms with Gasteiger partial charge in [0.05, 0.1) is 28.0 Å². The molecule has 2 aromatic heterocycles. The second-order valence-corrected chi connectivity index (χ2v) is 14.2. The van der Waals surface area contributed by atoms with Crippen LogP contribution in [0.15, 0.2) is 88.8 Å². The van der Waals surface area contributed by atoms with Crippen molar-refractivity contribution in [2.24, 2.45) is 0 Å². The van der Waals surface area contributed by atoms with E-state index < -0.39 is 33.2 Å². The molecule has 12 nitrogen and oxygen atoms in total. The molecule has 1 fully saturated rings. The summed E-state index contributed by atoms with van der Waals surface area (Å²) in [5.41, 5.74) is 13.3. The quantitative estimate of drug-likeness (QED) is 0.128. The molecule has 0 radical (unpaired) electrons. The van der Waals surface area contributed by atoms with E-state index >= 15 is 8.78 Å². The lowest BCUT2D eigenvalue weighted by Gasteiger charge is -2.20. The number of aromatic nitrogens is 3. The zero-order valence-corrected chi connectivity index (χ0v) is 29.2. The van der Waals surface area contributed by atoms with Gasteiger partial charge in [0.25, 0.3) is 10.1 Å². The van der Waals surface area contributed by atoms with Crippen molar-refractivity contribution in [3.63, 3.8) is 0 Å². The topological polar surface area (TPSA) is 184 Å². The maximum Gasteiger partial charge on any atom is 0.343 e. The normalized spacial score (nSPS) is 13.8. The lowest BCUT2D eigenvalue weighted by molar-refractivity contribution is 0.0524. The van der Waals surface area contributed by atoms with Crippen LogP contribution >= 0.6 is 0 Å². The van der Waals surface area contributed by atoms with Crippen LogP contribution < -0.4 is 21.8 Å². The summed E-state index contributed by atoms with van der Waals surface area (Å²) >= 11 is 0. The summed E-state index contributed by atoms with van der Waals surface area (Å²) in [6.45, 7) is 2.86. The van der Waals surface area contributed by atoms with Gasteiger partial charge in [-0.15, -0.1) is 0 Å². The molecule has 0 atom stereocenters. The summed E-state index contributed by atoms with van der Waals surface area (Å²) in [6, 6.07) is 18.1. The number of anilines is 3. The third-order valence-electron chi connectivity index (χ3n) is 9.30. The van der Waals surface area contributed by atoms with Gasteiger partial charge in [0, 0.05) is 42.8 Å². The highest BCUT2D eigenvalue weighted by molar-refractivity contribution is 7.85.